The average Bonchev–Trinajstić information content (AvgIpc) is 3.31. The van der Waals surface area contributed by atoms with Crippen molar-refractivity contribution in [2.24, 2.45) is 0 Å². The largest absolute Gasteiger partial charge is 0.463 e. The highest BCUT2D eigenvalue weighted by molar-refractivity contribution is 5.95. The van der Waals surface area contributed by atoms with Gasteiger partial charge in [0.05, 0.1) is 16.7 Å². The Bertz CT molecular complexity index is 1370. The second-order valence-electron chi connectivity index (χ2n) is 6.27. The van der Waals surface area contributed by atoms with Crippen molar-refractivity contribution in [1.29, 1.82) is 0 Å². The third-order valence-corrected chi connectivity index (χ3v) is 4.55. The van der Waals surface area contributed by atoms with E-state index in [2.05, 4.69) is 4.98 Å². The third kappa shape index (κ3) is 2.52. The molecule has 0 bridgehead atoms. The molecular formula is C21H11FN2O4. The number of nitrogens with zero attached hydrogens (tertiary/aromatic N) is 2. The van der Waals surface area contributed by atoms with Crippen LogP contribution < -0.4 is 0 Å². The SMILES string of the molecule is O=[N+]([O-])c1ccc(F)c(-c2nc3cc(-c4occ5ccccc45)ccc3o2)c1. The molecule has 0 aliphatic rings. The summed E-state index contributed by atoms with van der Waals surface area (Å²) >= 11 is 0. The van der Waals surface area contributed by atoms with Crippen LogP contribution in [0.1, 0.15) is 0 Å². The van der Waals surface area contributed by atoms with Gasteiger partial charge in [0.2, 0.25) is 5.89 Å². The third-order valence-electron chi connectivity index (χ3n) is 4.55. The molecule has 5 rings (SSSR count). The summed E-state index contributed by atoms with van der Waals surface area (Å²) in [7, 11) is 0. The minimum absolute atomic E-state index is 0.0161. The molecule has 0 fully saturated rings. The van der Waals surface area contributed by atoms with Crippen molar-refractivity contribution in [1.82, 2.24) is 4.98 Å². The quantitative estimate of drug-likeness (QED) is 0.288. The highest BCUT2D eigenvalue weighted by atomic mass is 19.1. The molecule has 0 saturated carbocycles. The summed E-state index contributed by atoms with van der Waals surface area (Å²) in [6.45, 7) is 0. The Morgan fingerprint density at radius 3 is 2.75 bits per heavy atom. The van der Waals surface area contributed by atoms with Gasteiger partial charge in [-0.1, -0.05) is 24.3 Å². The molecule has 2 heterocycles. The van der Waals surface area contributed by atoms with Crippen LogP contribution in [0.25, 0.3) is 44.7 Å². The fraction of sp³-hybridized carbons (Fsp3) is 0. The molecule has 2 aromatic heterocycles. The van der Waals surface area contributed by atoms with Crippen LogP contribution in [0.15, 0.2) is 75.8 Å². The number of fused-ring (bicyclic) bond motifs is 2. The number of aromatic nitrogens is 1. The first-order valence-electron chi connectivity index (χ1n) is 8.42. The van der Waals surface area contributed by atoms with Crippen LogP contribution in [0, 0.1) is 15.9 Å². The van der Waals surface area contributed by atoms with Gasteiger partial charge in [-0.25, -0.2) is 9.37 Å². The van der Waals surface area contributed by atoms with E-state index >= 15 is 0 Å². The van der Waals surface area contributed by atoms with E-state index < -0.39 is 10.7 Å². The summed E-state index contributed by atoms with van der Waals surface area (Å²) in [5.41, 5.74) is 1.45. The van der Waals surface area contributed by atoms with Gasteiger partial charge in [-0.2, -0.15) is 0 Å². The predicted molar refractivity (Wildman–Crippen MR) is 101 cm³/mol. The number of nitro benzene ring substituents is 1. The van der Waals surface area contributed by atoms with E-state index in [1.165, 1.54) is 0 Å². The molecule has 0 radical (unpaired) electrons. The number of halogens is 1. The van der Waals surface area contributed by atoms with E-state index in [9.17, 15) is 14.5 Å². The smallest absolute Gasteiger partial charge is 0.270 e. The molecule has 0 unspecified atom stereocenters. The van der Waals surface area contributed by atoms with E-state index in [0.717, 1.165) is 34.5 Å². The minimum atomic E-state index is -0.644. The van der Waals surface area contributed by atoms with Gasteiger partial charge in [0.25, 0.3) is 5.69 Å². The monoisotopic (exact) mass is 374 g/mol. The normalized spacial score (nSPS) is 11.3. The van der Waals surface area contributed by atoms with Crippen molar-refractivity contribution >= 4 is 27.6 Å². The van der Waals surface area contributed by atoms with Crippen molar-refractivity contribution in [3.63, 3.8) is 0 Å². The van der Waals surface area contributed by atoms with E-state index in [1.54, 1.807) is 18.4 Å². The standard InChI is InChI=1S/C21H11FN2O4/c22-17-7-6-14(24(25)26)10-16(17)21-23-18-9-12(5-8-19(18)28-21)20-15-4-2-1-3-13(15)11-27-20/h1-11H. The molecule has 0 spiro atoms. The number of furan rings is 1. The van der Waals surface area contributed by atoms with Crippen molar-refractivity contribution in [3.8, 4) is 22.8 Å². The molecular weight excluding hydrogens is 363 g/mol. The molecule has 7 heteroatoms. The Hall–Kier alpha value is -4.00. The van der Waals surface area contributed by atoms with Gasteiger partial charge in [-0.15, -0.1) is 0 Å². The summed E-state index contributed by atoms with van der Waals surface area (Å²) < 4.78 is 25.5. The van der Waals surface area contributed by atoms with Crippen LogP contribution in [-0.2, 0) is 0 Å². The zero-order chi connectivity index (χ0) is 19.3. The predicted octanol–water partition coefficient (Wildman–Crippen LogP) is 5.96. The fourth-order valence-corrected chi connectivity index (χ4v) is 3.19. The summed E-state index contributed by atoms with van der Waals surface area (Å²) in [5.74, 6) is 0.0376. The van der Waals surface area contributed by atoms with Crippen LogP contribution in [0.4, 0.5) is 10.1 Å². The first-order valence-corrected chi connectivity index (χ1v) is 8.42. The Morgan fingerprint density at radius 1 is 1.04 bits per heavy atom. The van der Waals surface area contributed by atoms with E-state index in [4.69, 9.17) is 8.83 Å². The highest BCUT2D eigenvalue weighted by Crippen LogP contribution is 2.34. The summed E-state index contributed by atoms with van der Waals surface area (Å²) in [4.78, 5) is 14.7. The molecule has 5 aromatic rings. The van der Waals surface area contributed by atoms with Crippen molar-refractivity contribution in [3.05, 3.63) is 82.9 Å². The highest BCUT2D eigenvalue weighted by Gasteiger charge is 2.18. The summed E-state index contributed by atoms with van der Waals surface area (Å²) in [6, 6.07) is 16.3. The second-order valence-corrected chi connectivity index (χ2v) is 6.27. The summed E-state index contributed by atoms with van der Waals surface area (Å²) in [5, 5.41) is 12.9. The van der Waals surface area contributed by atoms with Gasteiger partial charge in [0, 0.05) is 28.5 Å². The minimum Gasteiger partial charge on any atom is -0.463 e. The maximum absolute atomic E-state index is 14.2. The van der Waals surface area contributed by atoms with Gasteiger partial charge in [0.1, 0.15) is 17.1 Å². The maximum atomic E-state index is 14.2. The topological polar surface area (TPSA) is 82.3 Å². The van der Waals surface area contributed by atoms with Gasteiger partial charge in [-0.05, 0) is 24.3 Å². The average molecular weight is 374 g/mol. The number of nitro groups is 1. The lowest BCUT2D eigenvalue weighted by Gasteiger charge is -1.97. The molecule has 136 valence electrons. The molecule has 0 aliphatic carbocycles. The van der Waals surface area contributed by atoms with Crippen LogP contribution in [0.2, 0.25) is 0 Å². The fourth-order valence-electron chi connectivity index (χ4n) is 3.19. The molecule has 0 N–H and O–H groups in total. The lowest BCUT2D eigenvalue weighted by Crippen LogP contribution is -1.91. The molecule has 3 aromatic carbocycles. The number of non-ortho nitro benzene ring substituents is 1. The lowest BCUT2D eigenvalue weighted by atomic mass is 10.1. The van der Waals surface area contributed by atoms with Crippen LogP contribution >= 0.6 is 0 Å². The summed E-state index contributed by atoms with van der Waals surface area (Å²) in [6.07, 6.45) is 1.68. The molecule has 0 atom stereocenters. The van der Waals surface area contributed by atoms with Gasteiger partial charge >= 0.3 is 0 Å². The van der Waals surface area contributed by atoms with E-state index in [-0.39, 0.29) is 17.1 Å². The number of hydrogen-bond donors (Lipinski definition) is 0. The lowest BCUT2D eigenvalue weighted by molar-refractivity contribution is -0.384. The molecule has 0 amide bonds. The number of hydrogen-bond acceptors (Lipinski definition) is 5. The Labute approximate surface area is 157 Å². The number of benzene rings is 3. The van der Waals surface area contributed by atoms with Gasteiger partial charge < -0.3 is 8.83 Å². The second kappa shape index (κ2) is 6.02. The first kappa shape index (κ1) is 16.2. The Morgan fingerprint density at radius 2 is 1.89 bits per heavy atom. The van der Waals surface area contributed by atoms with Gasteiger partial charge in [0.15, 0.2) is 5.58 Å². The number of oxazole rings is 1. The van der Waals surface area contributed by atoms with E-state index in [0.29, 0.717) is 16.9 Å². The number of rotatable bonds is 3. The van der Waals surface area contributed by atoms with Crippen LogP contribution in [-0.4, -0.2) is 9.91 Å². The van der Waals surface area contributed by atoms with Crippen molar-refractivity contribution in [2.45, 2.75) is 0 Å². The zero-order valence-electron chi connectivity index (χ0n) is 14.3. The Balaban J connectivity index is 1.63. The maximum Gasteiger partial charge on any atom is 0.270 e. The first-order chi connectivity index (χ1) is 13.6. The van der Waals surface area contributed by atoms with Crippen LogP contribution in [0.5, 0.6) is 0 Å². The molecule has 0 saturated heterocycles. The zero-order valence-corrected chi connectivity index (χ0v) is 14.3. The Kier molecular flexibility index (Phi) is 3.48. The van der Waals surface area contributed by atoms with Crippen molar-refractivity contribution in [2.75, 3.05) is 0 Å². The molecule has 0 aliphatic heterocycles. The van der Waals surface area contributed by atoms with Gasteiger partial charge in [-0.3, -0.25) is 10.1 Å². The van der Waals surface area contributed by atoms with Crippen molar-refractivity contribution < 1.29 is 18.1 Å². The van der Waals surface area contributed by atoms with E-state index in [1.807, 2.05) is 30.3 Å². The van der Waals surface area contributed by atoms with Crippen LogP contribution in [0.3, 0.4) is 0 Å². The molecule has 6 nitrogen and oxygen atoms in total. The molecule has 28 heavy (non-hydrogen) atoms.